The van der Waals surface area contributed by atoms with Crippen molar-refractivity contribution < 1.29 is 9.59 Å². The first-order chi connectivity index (χ1) is 12.7. The molecule has 2 aliphatic rings. The molecule has 0 saturated heterocycles. The first kappa shape index (κ1) is 17.0. The van der Waals surface area contributed by atoms with Gasteiger partial charge >= 0.3 is 0 Å². The summed E-state index contributed by atoms with van der Waals surface area (Å²) in [6, 6.07) is 9.87. The molecule has 134 valence electrons. The van der Waals surface area contributed by atoms with Crippen molar-refractivity contribution in [3.05, 3.63) is 59.4 Å². The number of rotatable bonds is 8. The van der Waals surface area contributed by atoms with E-state index >= 15 is 0 Å². The number of Topliss-reactive ketones (excluding diaryl/α,β-unsaturated/α-hetero) is 1. The largest absolute Gasteiger partial charge is 0.294 e. The molecule has 4 nitrogen and oxygen atoms in total. The number of aromatic nitrogens is 2. The van der Waals surface area contributed by atoms with Gasteiger partial charge in [-0.15, -0.1) is 0 Å². The molecular formula is C22H24N2O2. The van der Waals surface area contributed by atoms with Crippen LogP contribution in [0.15, 0.2) is 48.2 Å². The molecule has 1 aromatic heterocycles. The predicted octanol–water partition coefficient (Wildman–Crippen LogP) is 4.32. The standard InChI is InChI=1S/C22H24N2O2/c1-2-6-20-19(14-23-24(20)17-7-4-3-5-8-17)21(25)13-18(15-9-10-15)22(26)16-11-12-16/h3-5,7-8,13-16H,2,6,9-12H2,1H3/b18-13-. The van der Waals surface area contributed by atoms with Gasteiger partial charge in [-0.2, -0.15) is 5.10 Å². The van der Waals surface area contributed by atoms with E-state index in [9.17, 15) is 9.59 Å². The molecule has 2 fully saturated rings. The number of carbonyl (C=O) groups excluding carboxylic acids is 2. The molecule has 0 aliphatic heterocycles. The van der Waals surface area contributed by atoms with Gasteiger partial charge in [0.25, 0.3) is 0 Å². The van der Waals surface area contributed by atoms with E-state index in [0.717, 1.165) is 55.5 Å². The summed E-state index contributed by atoms with van der Waals surface area (Å²) < 4.78 is 1.85. The van der Waals surface area contributed by atoms with Crippen LogP contribution in [0, 0.1) is 11.8 Å². The molecule has 26 heavy (non-hydrogen) atoms. The lowest BCUT2D eigenvalue weighted by Crippen LogP contribution is -2.11. The van der Waals surface area contributed by atoms with Crippen molar-refractivity contribution in [1.29, 1.82) is 0 Å². The van der Waals surface area contributed by atoms with Crippen LogP contribution >= 0.6 is 0 Å². The molecule has 4 heteroatoms. The second-order valence-corrected chi connectivity index (χ2v) is 7.38. The number of ketones is 2. The quantitative estimate of drug-likeness (QED) is 0.527. The van der Waals surface area contributed by atoms with Gasteiger partial charge in [-0.05, 0) is 56.2 Å². The fourth-order valence-corrected chi connectivity index (χ4v) is 3.43. The van der Waals surface area contributed by atoms with Crippen LogP contribution in [0.4, 0.5) is 0 Å². The summed E-state index contributed by atoms with van der Waals surface area (Å²) in [6.45, 7) is 2.10. The molecule has 4 rings (SSSR count). The number of benzene rings is 1. The summed E-state index contributed by atoms with van der Waals surface area (Å²) in [5.74, 6) is 0.586. The fraction of sp³-hybridized carbons (Fsp3) is 0.409. The van der Waals surface area contributed by atoms with Gasteiger partial charge in [0.05, 0.1) is 23.1 Å². The van der Waals surface area contributed by atoms with Crippen LogP contribution in [0.2, 0.25) is 0 Å². The lowest BCUT2D eigenvalue weighted by Gasteiger charge is -2.08. The normalized spacial score (nSPS) is 17.3. The summed E-state index contributed by atoms with van der Waals surface area (Å²) in [6.07, 6.45) is 8.99. The minimum atomic E-state index is -0.0773. The lowest BCUT2D eigenvalue weighted by molar-refractivity contribution is -0.116. The van der Waals surface area contributed by atoms with Gasteiger partial charge in [0, 0.05) is 11.5 Å². The maximum absolute atomic E-state index is 13.0. The topological polar surface area (TPSA) is 52.0 Å². The Morgan fingerprint density at radius 2 is 1.81 bits per heavy atom. The Morgan fingerprint density at radius 3 is 2.42 bits per heavy atom. The molecule has 2 aliphatic carbocycles. The maximum Gasteiger partial charge on any atom is 0.189 e. The Kier molecular flexibility index (Phi) is 4.58. The smallest absolute Gasteiger partial charge is 0.189 e. The lowest BCUT2D eigenvalue weighted by atomic mass is 9.98. The number of nitrogens with zero attached hydrogens (tertiary/aromatic N) is 2. The average molecular weight is 348 g/mol. The Morgan fingerprint density at radius 1 is 1.12 bits per heavy atom. The van der Waals surface area contributed by atoms with Crippen molar-refractivity contribution in [3.63, 3.8) is 0 Å². The van der Waals surface area contributed by atoms with Crippen LogP contribution in [0.1, 0.15) is 55.1 Å². The summed E-state index contributed by atoms with van der Waals surface area (Å²) >= 11 is 0. The molecule has 0 radical (unpaired) electrons. The molecule has 0 N–H and O–H groups in total. The zero-order chi connectivity index (χ0) is 18.1. The van der Waals surface area contributed by atoms with E-state index in [1.165, 1.54) is 0 Å². The van der Waals surface area contributed by atoms with Crippen LogP contribution < -0.4 is 0 Å². The van der Waals surface area contributed by atoms with Gasteiger partial charge in [-0.25, -0.2) is 4.68 Å². The van der Waals surface area contributed by atoms with Crippen LogP contribution in [-0.4, -0.2) is 21.3 Å². The van der Waals surface area contributed by atoms with Crippen molar-refractivity contribution in [1.82, 2.24) is 9.78 Å². The zero-order valence-corrected chi connectivity index (χ0v) is 15.1. The molecule has 0 amide bonds. The Bertz CT molecular complexity index is 856. The summed E-state index contributed by atoms with van der Waals surface area (Å²) in [7, 11) is 0. The van der Waals surface area contributed by atoms with Crippen LogP contribution in [0.25, 0.3) is 5.69 Å². The number of allylic oxidation sites excluding steroid dienone is 2. The highest BCUT2D eigenvalue weighted by Crippen LogP contribution is 2.42. The molecule has 0 unspecified atom stereocenters. The van der Waals surface area contributed by atoms with E-state index in [1.54, 1.807) is 12.3 Å². The van der Waals surface area contributed by atoms with Gasteiger partial charge in [-0.1, -0.05) is 31.5 Å². The minimum Gasteiger partial charge on any atom is -0.294 e. The summed E-state index contributed by atoms with van der Waals surface area (Å²) in [5, 5.41) is 4.47. The number of carbonyl (C=O) groups is 2. The highest BCUT2D eigenvalue weighted by molar-refractivity contribution is 6.11. The molecule has 2 saturated carbocycles. The average Bonchev–Trinajstić information content (AvgIpc) is 3.57. The monoisotopic (exact) mass is 348 g/mol. The van der Waals surface area contributed by atoms with E-state index in [-0.39, 0.29) is 17.5 Å². The van der Waals surface area contributed by atoms with Crippen molar-refractivity contribution in [2.45, 2.75) is 45.4 Å². The minimum absolute atomic E-state index is 0.0773. The highest BCUT2D eigenvalue weighted by atomic mass is 16.1. The third-order valence-electron chi connectivity index (χ3n) is 5.16. The van der Waals surface area contributed by atoms with E-state index < -0.39 is 0 Å². The Labute approximate surface area is 153 Å². The maximum atomic E-state index is 13.0. The SMILES string of the molecule is CCCc1c(C(=O)/C=C(\C(=O)C2CC2)C2CC2)cnn1-c1ccccc1. The van der Waals surface area contributed by atoms with Crippen molar-refractivity contribution in [3.8, 4) is 5.69 Å². The van der Waals surface area contributed by atoms with Crippen molar-refractivity contribution in [2.24, 2.45) is 11.8 Å². The predicted molar refractivity (Wildman–Crippen MR) is 100 cm³/mol. The Hall–Kier alpha value is -2.49. The Balaban J connectivity index is 1.68. The molecular weight excluding hydrogens is 324 g/mol. The molecule has 1 heterocycles. The fourth-order valence-electron chi connectivity index (χ4n) is 3.43. The second-order valence-electron chi connectivity index (χ2n) is 7.38. The number of hydrogen-bond acceptors (Lipinski definition) is 3. The number of hydrogen-bond donors (Lipinski definition) is 0. The van der Waals surface area contributed by atoms with Gasteiger partial charge in [0.1, 0.15) is 0 Å². The first-order valence-corrected chi connectivity index (χ1v) is 9.61. The number of para-hydroxylation sites is 1. The third-order valence-corrected chi connectivity index (χ3v) is 5.16. The van der Waals surface area contributed by atoms with Gasteiger partial charge in [0.2, 0.25) is 0 Å². The summed E-state index contributed by atoms with van der Waals surface area (Å²) in [4.78, 5) is 25.5. The van der Waals surface area contributed by atoms with E-state index in [1.807, 2.05) is 35.0 Å². The molecule has 0 spiro atoms. The first-order valence-electron chi connectivity index (χ1n) is 9.61. The van der Waals surface area contributed by atoms with Crippen LogP contribution in [0.5, 0.6) is 0 Å². The van der Waals surface area contributed by atoms with Crippen molar-refractivity contribution in [2.75, 3.05) is 0 Å². The van der Waals surface area contributed by atoms with E-state index in [0.29, 0.717) is 11.5 Å². The summed E-state index contributed by atoms with van der Waals surface area (Å²) in [5.41, 5.74) is 3.26. The van der Waals surface area contributed by atoms with E-state index in [2.05, 4.69) is 12.0 Å². The molecule has 2 aromatic rings. The molecule has 1 aromatic carbocycles. The van der Waals surface area contributed by atoms with Gasteiger partial charge < -0.3 is 0 Å². The zero-order valence-electron chi connectivity index (χ0n) is 15.1. The highest BCUT2D eigenvalue weighted by Gasteiger charge is 2.38. The van der Waals surface area contributed by atoms with Gasteiger partial charge in [0.15, 0.2) is 11.6 Å². The van der Waals surface area contributed by atoms with E-state index in [4.69, 9.17) is 0 Å². The van der Waals surface area contributed by atoms with Crippen molar-refractivity contribution >= 4 is 11.6 Å². The molecule has 0 atom stereocenters. The molecule has 0 bridgehead atoms. The van der Waals surface area contributed by atoms with Crippen LogP contribution in [-0.2, 0) is 11.2 Å². The second kappa shape index (κ2) is 7.02. The van der Waals surface area contributed by atoms with Crippen LogP contribution in [0.3, 0.4) is 0 Å². The van der Waals surface area contributed by atoms with Gasteiger partial charge in [-0.3, -0.25) is 9.59 Å². The third kappa shape index (κ3) is 3.41.